The van der Waals surface area contributed by atoms with Crippen LogP contribution in [0.1, 0.15) is 11.8 Å². The maximum Gasteiger partial charge on any atom is 0.250 e. The van der Waals surface area contributed by atoms with E-state index in [2.05, 4.69) is 4.72 Å². The number of rotatable bonds is 4. The third-order valence-corrected chi connectivity index (χ3v) is 4.77. The lowest BCUT2D eigenvalue weighted by molar-refractivity contribution is 0.564. The van der Waals surface area contributed by atoms with E-state index in [9.17, 15) is 8.42 Å². The Morgan fingerprint density at radius 2 is 2.21 bits per heavy atom. The van der Waals surface area contributed by atoms with Gasteiger partial charge in [-0.15, -0.1) is 11.3 Å². The molecular formula is C8H14N2O2S2. The van der Waals surface area contributed by atoms with E-state index in [0.29, 0.717) is 10.8 Å². The van der Waals surface area contributed by atoms with Gasteiger partial charge in [0.2, 0.25) is 10.0 Å². The Bertz CT molecular complexity index is 397. The first-order valence-electron chi connectivity index (χ1n) is 4.24. The van der Waals surface area contributed by atoms with E-state index in [0.717, 1.165) is 4.88 Å². The monoisotopic (exact) mass is 234 g/mol. The summed E-state index contributed by atoms with van der Waals surface area (Å²) in [4.78, 5) is 0.978. The second-order valence-corrected chi connectivity index (χ2v) is 6.35. The maximum absolute atomic E-state index is 11.7. The Morgan fingerprint density at radius 3 is 2.64 bits per heavy atom. The summed E-state index contributed by atoms with van der Waals surface area (Å²) in [6.07, 6.45) is 0. The fourth-order valence-electron chi connectivity index (χ4n) is 0.928. The van der Waals surface area contributed by atoms with Crippen LogP contribution in [-0.2, 0) is 10.0 Å². The predicted molar refractivity (Wildman–Crippen MR) is 57.9 cm³/mol. The molecule has 1 aromatic rings. The quantitative estimate of drug-likeness (QED) is 0.804. The molecule has 0 aromatic carbocycles. The maximum atomic E-state index is 11.7. The van der Waals surface area contributed by atoms with E-state index in [-0.39, 0.29) is 6.04 Å². The molecule has 1 heterocycles. The van der Waals surface area contributed by atoms with Crippen molar-refractivity contribution in [3.05, 3.63) is 17.0 Å². The second kappa shape index (κ2) is 4.39. The Morgan fingerprint density at radius 1 is 1.57 bits per heavy atom. The summed E-state index contributed by atoms with van der Waals surface area (Å²) in [5, 5.41) is 0. The molecule has 1 atom stereocenters. The lowest BCUT2D eigenvalue weighted by atomic mass is 10.4. The number of sulfonamides is 1. The van der Waals surface area contributed by atoms with E-state index < -0.39 is 10.0 Å². The molecule has 1 unspecified atom stereocenters. The highest BCUT2D eigenvalue weighted by atomic mass is 32.2. The van der Waals surface area contributed by atoms with E-state index >= 15 is 0 Å². The lowest BCUT2D eigenvalue weighted by Gasteiger charge is -2.09. The summed E-state index contributed by atoms with van der Waals surface area (Å²) in [5.41, 5.74) is 5.34. The van der Waals surface area contributed by atoms with Gasteiger partial charge in [0.1, 0.15) is 4.21 Å². The summed E-state index contributed by atoms with van der Waals surface area (Å²) >= 11 is 1.26. The van der Waals surface area contributed by atoms with Crippen molar-refractivity contribution < 1.29 is 8.42 Å². The number of nitrogens with two attached hydrogens (primary N) is 1. The summed E-state index contributed by atoms with van der Waals surface area (Å²) in [6, 6.07) is 3.15. The average Bonchev–Trinajstić information content (AvgIpc) is 2.51. The van der Waals surface area contributed by atoms with Gasteiger partial charge in [-0.1, -0.05) is 0 Å². The topological polar surface area (TPSA) is 72.2 Å². The van der Waals surface area contributed by atoms with Crippen molar-refractivity contribution in [2.75, 3.05) is 6.54 Å². The van der Waals surface area contributed by atoms with Crippen molar-refractivity contribution in [2.45, 2.75) is 24.1 Å². The van der Waals surface area contributed by atoms with Gasteiger partial charge in [-0.25, -0.2) is 13.1 Å². The Kier molecular flexibility index (Phi) is 3.65. The van der Waals surface area contributed by atoms with Gasteiger partial charge in [-0.05, 0) is 26.0 Å². The number of hydrogen-bond donors (Lipinski definition) is 2. The molecule has 1 rings (SSSR count). The van der Waals surface area contributed by atoms with Crippen molar-refractivity contribution in [3.8, 4) is 0 Å². The van der Waals surface area contributed by atoms with Crippen LogP contribution in [0.5, 0.6) is 0 Å². The molecule has 0 spiro atoms. The molecule has 0 saturated carbocycles. The Labute approximate surface area is 88.2 Å². The highest BCUT2D eigenvalue weighted by molar-refractivity contribution is 7.91. The molecule has 0 radical (unpaired) electrons. The van der Waals surface area contributed by atoms with Crippen molar-refractivity contribution in [2.24, 2.45) is 5.73 Å². The summed E-state index contributed by atoms with van der Waals surface area (Å²) < 4.78 is 26.2. The molecule has 0 aliphatic rings. The van der Waals surface area contributed by atoms with Gasteiger partial charge in [0, 0.05) is 17.5 Å². The number of hydrogen-bond acceptors (Lipinski definition) is 4. The van der Waals surface area contributed by atoms with E-state index in [1.807, 2.05) is 6.92 Å². The average molecular weight is 234 g/mol. The molecule has 4 nitrogen and oxygen atoms in total. The van der Waals surface area contributed by atoms with Crippen LogP contribution in [0.4, 0.5) is 0 Å². The smallest absolute Gasteiger partial charge is 0.250 e. The zero-order valence-electron chi connectivity index (χ0n) is 8.15. The Balaban J connectivity index is 2.86. The van der Waals surface area contributed by atoms with Crippen LogP contribution < -0.4 is 10.5 Å². The van der Waals surface area contributed by atoms with Crippen LogP contribution in [0.25, 0.3) is 0 Å². The first-order chi connectivity index (χ1) is 6.45. The predicted octanol–water partition coefficient (Wildman–Crippen LogP) is 0.682. The minimum Gasteiger partial charge on any atom is -0.329 e. The minimum atomic E-state index is -3.36. The third-order valence-electron chi connectivity index (χ3n) is 1.69. The molecule has 6 heteroatoms. The fraction of sp³-hybridized carbons (Fsp3) is 0.500. The SMILES string of the molecule is Cc1ccc(S(=O)(=O)NC(C)CN)s1. The van der Waals surface area contributed by atoms with E-state index in [1.54, 1.807) is 19.1 Å². The van der Waals surface area contributed by atoms with Gasteiger partial charge in [0.15, 0.2) is 0 Å². The van der Waals surface area contributed by atoms with Crippen LogP contribution in [0.3, 0.4) is 0 Å². The third kappa shape index (κ3) is 2.78. The summed E-state index contributed by atoms with van der Waals surface area (Å²) in [5.74, 6) is 0. The van der Waals surface area contributed by atoms with Crippen LogP contribution in [-0.4, -0.2) is 21.0 Å². The Hall–Kier alpha value is -0.430. The van der Waals surface area contributed by atoms with E-state index in [1.165, 1.54) is 11.3 Å². The summed E-state index contributed by atoms with van der Waals surface area (Å²) in [7, 11) is -3.36. The first kappa shape index (κ1) is 11.6. The molecule has 0 aliphatic heterocycles. The van der Waals surface area contributed by atoms with Crippen LogP contribution in [0.2, 0.25) is 0 Å². The van der Waals surface area contributed by atoms with Crippen molar-refractivity contribution >= 4 is 21.4 Å². The minimum absolute atomic E-state index is 0.234. The zero-order chi connectivity index (χ0) is 10.8. The van der Waals surface area contributed by atoms with Gasteiger partial charge in [-0.3, -0.25) is 0 Å². The molecule has 0 aliphatic carbocycles. The van der Waals surface area contributed by atoms with Gasteiger partial charge in [0.05, 0.1) is 0 Å². The van der Waals surface area contributed by atoms with Gasteiger partial charge in [0.25, 0.3) is 0 Å². The van der Waals surface area contributed by atoms with Gasteiger partial charge < -0.3 is 5.73 Å². The van der Waals surface area contributed by atoms with Crippen LogP contribution >= 0.6 is 11.3 Å². The van der Waals surface area contributed by atoms with Crippen molar-refractivity contribution in [3.63, 3.8) is 0 Å². The molecular weight excluding hydrogens is 220 g/mol. The fourth-order valence-corrected chi connectivity index (χ4v) is 3.48. The molecule has 14 heavy (non-hydrogen) atoms. The van der Waals surface area contributed by atoms with Crippen molar-refractivity contribution in [1.82, 2.24) is 4.72 Å². The summed E-state index contributed by atoms with van der Waals surface area (Å²) in [6.45, 7) is 3.90. The normalized spacial score (nSPS) is 14.2. The molecule has 0 saturated heterocycles. The highest BCUT2D eigenvalue weighted by Crippen LogP contribution is 2.20. The number of aryl methyl sites for hydroxylation is 1. The molecule has 0 bridgehead atoms. The zero-order valence-corrected chi connectivity index (χ0v) is 9.78. The van der Waals surface area contributed by atoms with Crippen LogP contribution in [0.15, 0.2) is 16.3 Å². The van der Waals surface area contributed by atoms with E-state index in [4.69, 9.17) is 5.73 Å². The number of thiophene rings is 1. The standard InChI is InChI=1S/C8H14N2O2S2/c1-6(5-9)10-14(11,12)8-4-3-7(2)13-8/h3-4,6,10H,5,9H2,1-2H3. The largest absolute Gasteiger partial charge is 0.329 e. The molecule has 0 fully saturated rings. The molecule has 0 amide bonds. The molecule has 1 aromatic heterocycles. The second-order valence-electron chi connectivity index (χ2n) is 3.12. The van der Waals surface area contributed by atoms with Gasteiger partial charge in [-0.2, -0.15) is 0 Å². The van der Waals surface area contributed by atoms with Crippen molar-refractivity contribution in [1.29, 1.82) is 0 Å². The lowest BCUT2D eigenvalue weighted by Crippen LogP contribution is -2.37. The van der Waals surface area contributed by atoms with Crippen LogP contribution in [0, 0.1) is 6.92 Å². The molecule has 3 N–H and O–H groups in total. The molecule has 80 valence electrons. The first-order valence-corrected chi connectivity index (χ1v) is 6.54. The van der Waals surface area contributed by atoms with Gasteiger partial charge >= 0.3 is 0 Å². The number of nitrogens with one attached hydrogen (secondary N) is 1. The highest BCUT2D eigenvalue weighted by Gasteiger charge is 2.17.